The lowest BCUT2D eigenvalue weighted by Crippen LogP contribution is -2.65. The summed E-state index contributed by atoms with van der Waals surface area (Å²) in [6.45, 7) is 4.06. The third kappa shape index (κ3) is 2.09. The molecule has 0 aromatic carbocycles. The fourth-order valence-corrected chi connectivity index (χ4v) is 5.92. The Morgan fingerprint density at radius 1 is 1.38 bits per heavy atom. The average Bonchev–Trinajstić information content (AvgIpc) is 2.95. The van der Waals surface area contributed by atoms with E-state index in [9.17, 15) is 27.3 Å². The Labute approximate surface area is 139 Å². The van der Waals surface area contributed by atoms with Gasteiger partial charge in [-0.15, -0.1) is 0 Å². The van der Waals surface area contributed by atoms with Crippen molar-refractivity contribution in [1.82, 2.24) is 0 Å². The van der Waals surface area contributed by atoms with E-state index in [2.05, 4.69) is 9.37 Å². The maximum atomic E-state index is 13.7. The smallest absolute Gasteiger partial charge is 0.415 e. The van der Waals surface area contributed by atoms with E-state index in [4.69, 9.17) is 13.7 Å². The number of carbonyl (C=O) groups is 1. The highest BCUT2D eigenvalue weighted by atomic mass is 32.2. The van der Waals surface area contributed by atoms with Gasteiger partial charge in [0.25, 0.3) is 10.1 Å². The van der Waals surface area contributed by atoms with Gasteiger partial charge in [-0.05, 0) is 20.8 Å². The van der Waals surface area contributed by atoms with Crippen molar-refractivity contribution in [3.05, 3.63) is 0 Å². The quantitative estimate of drug-likeness (QED) is 0.205. The van der Waals surface area contributed by atoms with E-state index < -0.39 is 61.5 Å². The molecule has 0 spiro atoms. The van der Waals surface area contributed by atoms with Crippen molar-refractivity contribution < 1.29 is 50.3 Å². The summed E-state index contributed by atoms with van der Waals surface area (Å²) in [5.41, 5.74) is -4.81. The standard InChI is InChI=1S/C11H14F2O9S2/c1-8-4-5-6(18-8)9(2,20-24(5,16)17)10(8,3)19-7(14)11(12,13)23-22-21-15/h5-6,15H,4H2,1-3H3/p-1. The second kappa shape index (κ2) is 4.99. The molecule has 3 fully saturated rings. The topological polar surface area (TPSA) is 120 Å². The van der Waals surface area contributed by atoms with Crippen LogP contribution in [-0.2, 0) is 37.9 Å². The van der Waals surface area contributed by atoms with Crippen molar-refractivity contribution in [2.75, 3.05) is 0 Å². The zero-order chi connectivity index (χ0) is 18.2. The molecule has 3 rings (SSSR count). The fraction of sp³-hybridized carbons (Fsp3) is 0.909. The molecule has 9 nitrogen and oxygen atoms in total. The van der Waals surface area contributed by atoms with Crippen LogP contribution in [0.15, 0.2) is 0 Å². The highest BCUT2D eigenvalue weighted by molar-refractivity contribution is 7.96. The predicted molar refractivity (Wildman–Crippen MR) is 69.3 cm³/mol. The Hall–Kier alpha value is -0.570. The van der Waals surface area contributed by atoms with Gasteiger partial charge in [-0.2, -0.15) is 21.5 Å². The molecule has 13 heteroatoms. The minimum atomic E-state index is -4.27. The normalized spacial score (nSPS) is 45.6. The minimum Gasteiger partial charge on any atom is -0.691 e. The van der Waals surface area contributed by atoms with Gasteiger partial charge in [-0.25, -0.2) is 4.79 Å². The molecule has 3 heterocycles. The number of rotatable bonds is 5. The molecule has 0 aromatic rings. The van der Waals surface area contributed by atoms with Crippen LogP contribution in [0.2, 0.25) is 0 Å². The Morgan fingerprint density at radius 3 is 2.58 bits per heavy atom. The Bertz CT molecular complexity index is 685. The van der Waals surface area contributed by atoms with Crippen LogP contribution in [0, 0.1) is 0 Å². The molecule has 0 radical (unpaired) electrons. The first-order chi connectivity index (χ1) is 10.8. The first-order valence-corrected chi connectivity index (χ1v) is 8.92. The number of alkyl halides is 2. The lowest BCUT2D eigenvalue weighted by molar-refractivity contribution is -0.777. The van der Waals surface area contributed by atoms with Gasteiger partial charge in [0.2, 0.25) is 0 Å². The highest BCUT2D eigenvalue weighted by Gasteiger charge is 2.83. The maximum Gasteiger partial charge on any atom is 0.415 e. The number of halogens is 2. The van der Waals surface area contributed by atoms with Gasteiger partial charge in [0.05, 0.1) is 0 Å². The Kier molecular flexibility index (Phi) is 3.79. The summed E-state index contributed by atoms with van der Waals surface area (Å²) >= 11 is -0.837. The molecule has 0 aromatic heterocycles. The summed E-state index contributed by atoms with van der Waals surface area (Å²) in [7, 11) is -3.98. The van der Waals surface area contributed by atoms with Gasteiger partial charge < -0.3 is 14.7 Å². The monoisotopic (exact) mass is 391 g/mol. The van der Waals surface area contributed by atoms with Crippen LogP contribution in [0.25, 0.3) is 0 Å². The van der Waals surface area contributed by atoms with Crippen molar-refractivity contribution in [3.8, 4) is 0 Å². The van der Waals surface area contributed by atoms with E-state index in [0.29, 0.717) is 0 Å². The lowest BCUT2D eigenvalue weighted by Gasteiger charge is -2.45. The molecular formula is C11H13F2O9S2-. The average molecular weight is 391 g/mol. The zero-order valence-corrected chi connectivity index (χ0v) is 14.2. The molecular weight excluding hydrogens is 378 g/mol. The third-order valence-corrected chi connectivity index (χ3v) is 7.41. The van der Waals surface area contributed by atoms with Crippen LogP contribution in [0.1, 0.15) is 27.2 Å². The van der Waals surface area contributed by atoms with Crippen molar-refractivity contribution in [2.45, 2.75) is 60.6 Å². The molecule has 2 bridgehead atoms. The second-order valence-electron chi connectivity index (χ2n) is 6.35. The fourth-order valence-electron chi connectivity index (χ4n) is 3.69. The van der Waals surface area contributed by atoms with Gasteiger partial charge >= 0.3 is 11.2 Å². The van der Waals surface area contributed by atoms with Crippen LogP contribution in [0.3, 0.4) is 0 Å². The number of fused-ring (bicyclic) bond motifs is 1. The van der Waals surface area contributed by atoms with E-state index in [1.165, 1.54) is 20.8 Å². The summed E-state index contributed by atoms with van der Waals surface area (Å²) in [5.74, 6) is -2.05. The van der Waals surface area contributed by atoms with E-state index in [1.54, 1.807) is 0 Å². The van der Waals surface area contributed by atoms with Crippen molar-refractivity contribution in [1.29, 1.82) is 0 Å². The Balaban J connectivity index is 1.92. The van der Waals surface area contributed by atoms with Crippen molar-refractivity contribution in [2.24, 2.45) is 0 Å². The van der Waals surface area contributed by atoms with Crippen LogP contribution in [-0.4, -0.2) is 47.8 Å². The number of hydrogen-bond acceptors (Lipinski definition) is 10. The molecule has 0 N–H and O–H groups in total. The molecule has 138 valence electrons. The van der Waals surface area contributed by atoms with E-state index >= 15 is 0 Å². The van der Waals surface area contributed by atoms with Gasteiger partial charge in [0.15, 0.2) is 11.2 Å². The molecule has 3 aliphatic heterocycles. The van der Waals surface area contributed by atoms with Crippen molar-refractivity contribution in [3.63, 3.8) is 0 Å². The molecule has 3 aliphatic rings. The number of ether oxygens (including phenoxy) is 2. The number of hydrogen-bond donors (Lipinski definition) is 0. The molecule has 5 atom stereocenters. The van der Waals surface area contributed by atoms with Gasteiger partial charge in [0.1, 0.15) is 29.0 Å². The van der Waals surface area contributed by atoms with Gasteiger partial charge in [-0.3, -0.25) is 9.22 Å². The summed E-state index contributed by atoms with van der Waals surface area (Å²) < 4.78 is 70.7. The third-order valence-electron chi connectivity index (χ3n) is 5.18. The highest BCUT2D eigenvalue weighted by Crippen LogP contribution is 2.64. The van der Waals surface area contributed by atoms with Crippen LogP contribution in [0.5, 0.6) is 0 Å². The molecule has 0 saturated carbocycles. The van der Waals surface area contributed by atoms with Crippen LogP contribution in [0.4, 0.5) is 8.78 Å². The summed E-state index contributed by atoms with van der Waals surface area (Å²) in [5, 5.41) is 7.22. The summed E-state index contributed by atoms with van der Waals surface area (Å²) in [6.07, 6.45) is -1.02. The first-order valence-electron chi connectivity index (χ1n) is 6.71. The lowest BCUT2D eigenvalue weighted by atomic mass is 9.67. The van der Waals surface area contributed by atoms with Gasteiger partial charge in [0, 0.05) is 6.42 Å². The molecule has 0 aliphatic carbocycles. The largest absolute Gasteiger partial charge is 0.691 e. The maximum absolute atomic E-state index is 13.7. The van der Waals surface area contributed by atoms with Crippen LogP contribution >= 0.6 is 12.0 Å². The zero-order valence-electron chi connectivity index (χ0n) is 12.6. The summed E-state index contributed by atoms with van der Waals surface area (Å²) in [6, 6.07) is 0. The first kappa shape index (κ1) is 18.2. The van der Waals surface area contributed by atoms with Crippen LogP contribution < -0.4 is 5.26 Å². The number of esters is 1. The van der Waals surface area contributed by atoms with E-state index in [0.717, 1.165) is 0 Å². The van der Waals surface area contributed by atoms with Gasteiger partial charge in [-0.1, -0.05) is 0 Å². The summed E-state index contributed by atoms with van der Waals surface area (Å²) in [4.78, 5) is 11.8. The molecule has 5 unspecified atom stereocenters. The van der Waals surface area contributed by atoms with Crippen molar-refractivity contribution >= 4 is 28.1 Å². The second-order valence-corrected chi connectivity index (χ2v) is 8.93. The molecule has 24 heavy (non-hydrogen) atoms. The molecule has 0 amide bonds. The Morgan fingerprint density at radius 2 is 2.00 bits per heavy atom. The predicted octanol–water partition coefficient (Wildman–Crippen LogP) is -0.199. The SMILES string of the molecule is CC12CC3C(O1)C(C)(OS3(=O)=O)C2(C)OC(=O)C(F)(F)SOO[O-]. The molecule has 3 saturated heterocycles. The minimum absolute atomic E-state index is 0.0712. The van der Waals surface area contributed by atoms with E-state index in [1.807, 2.05) is 0 Å². The number of carbonyl (C=O) groups excluding carboxylic acids is 1. The van der Waals surface area contributed by atoms with E-state index in [-0.39, 0.29) is 6.42 Å².